The highest BCUT2D eigenvalue weighted by Gasteiger charge is 2.28. The normalized spacial score (nSPS) is 32.6. The Kier molecular flexibility index (Phi) is 7.92. The maximum atomic E-state index is 6.04. The van der Waals surface area contributed by atoms with E-state index in [2.05, 4.69) is 4.90 Å². The lowest BCUT2D eigenvalue weighted by molar-refractivity contribution is 0.0115. The van der Waals surface area contributed by atoms with Crippen LogP contribution in [0.4, 0.5) is 0 Å². The van der Waals surface area contributed by atoms with E-state index in [9.17, 15) is 0 Å². The molecule has 0 aromatic rings. The fourth-order valence-corrected chi connectivity index (χ4v) is 2.45. The lowest BCUT2D eigenvalue weighted by Crippen LogP contribution is -2.54. The Morgan fingerprint density at radius 2 is 1.73 bits per heavy atom. The van der Waals surface area contributed by atoms with Crippen LogP contribution in [0.25, 0.3) is 0 Å². The van der Waals surface area contributed by atoms with Gasteiger partial charge in [0.2, 0.25) is 0 Å². The molecule has 0 aliphatic carbocycles. The number of nitrogens with zero attached hydrogens (tertiary/aromatic N) is 1. The molecule has 0 saturated carbocycles. The second-order valence-corrected chi connectivity index (χ2v) is 4.19. The van der Waals surface area contributed by atoms with Crippen LogP contribution in [0.2, 0.25) is 0 Å². The molecule has 2 fully saturated rings. The Morgan fingerprint density at radius 1 is 1.07 bits per heavy atom. The first-order valence-electron chi connectivity index (χ1n) is 5.45. The Labute approximate surface area is 105 Å². The van der Waals surface area contributed by atoms with E-state index >= 15 is 0 Å². The lowest BCUT2D eigenvalue weighted by Gasteiger charge is -2.40. The molecule has 2 unspecified atom stereocenters. The smallest absolute Gasteiger partial charge is 0.0632 e. The Morgan fingerprint density at radius 3 is 2.33 bits per heavy atom. The van der Waals surface area contributed by atoms with Crippen molar-refractivity contribution in [3.05, 3.63) is 0 Å². The fourth-order valence-electron chi connectivity index (χ4n) is 2.45. The van der Waals surface area contributed by atoms with Crippen molar-refractivity contribution in [3.8, 4) is 0 Å². The molecular weight excluding hydrogens is 235 g/mol. The predicted octanol–water partition coefficient (Wildman–Crippen LogP) is 1.43. The average Bonchev–Trinajstić information content (AvgIpc) is 2.20. The Bertz CT molecular complexity index is 166. The van der Waals surface area contributed by atoms with E-state index in [1.54, 1.807) is 0 Å². The molecule has 2 aliphatic heterocycles. The van der Waals surface area contributed by atoms with Crippen LogP contribution in [-0.2, 0) is 4.74 Å². The number of hydrogen-bond acceptors (Lipinski definition) is 3. The van der Waals surface area contributed by atoms with E-state index in [0.29, 0.717) is 6.04 Å². The summed E-state index contributed by atoms with van der Waals surface area (Å²) in [4.78, 5) is 2.57. The summed E-state index contributed by atoms with van der Waals surface area (Å²) in [6, 6.07) is 0.834. The summed E-state index contributed by atoms with van der Waals surface area (Å²) in [6.45, 7) is 4.15. The zero-order chi connectivity index (χ0) is 9.10. The molecule has 2 aliphatic rings. The van der Waals surface area contributed by atoms with Gasteiger partial charge in [-0.05, 0) is 32.4 Å². The predicted molar refractivity (Wildman–Crippen MR) is 67.1 cm³/mol. The standard InChI is InChI=1S/C10H20N2O.2ClH/c11-9-8-13-7-4-10(9)12-5-2-1-3-6-12;;/h9-10H,1-8,11H2;2*1H. The van der Waals surface area contributed by atoms with Crippen LogP contribution >= 0.6 is 24.8 Å². The van der Waals surface area contributed by atoms with Gasteiger partial charge in [0, 0.05) is 18.7 Å². The lowest BCUT2D eigenvalue weighted by atomic mass is 9.99. The van der Waals surface area contributed by atoms with Gasteiger partial charge < -0.3 is 10.5 Å². The van der Waals surface area contributed by atoms with E-state index in [-0.39, 0.29) is 30.9 Å². The number of ether oxygens (including phenoxy) is 1. The average molecular weight is 257 g/mol. The van der Waals surface area contributed by atoms with Crippen LogP contribution in [0.5, 0.6) is 0 Å². The fraction of sp³-hybridized carbons (Fsp3) is 1.00. The maximum absolute atomic E-state index is 6.04. The van der Waals surface area contributed by atoms with Gasteiger partial charge in [0.15, 0.2) is 0 Å². The van der Waals surface area contributed by atoms with Crippen molar-refractivity contribution in [3.63, 3.8) is 0 Å². The zero-order valence-corrected chi connectivity index (χ0v) is 10.7. The zero-order valence-electron chi connectivity index (χ0n) is 9.06. The highest BCUT2D eigenvalue weighted by Crippen LogP contribution is 2.18. The summed E-state index contributed by atoms with van der Waals surface area (Å²) < 4.78 is 5.35. The van der Waals surface area contributed by atoms with Crippen molar-refractivity contribution in [1.82, 2.24) is 4.90 Å². The Hall–Kier alpha value is 0.460. The van der Waals surface area contributed by atoms with Crippen molar-refractivity contribution in [2.75, 3.05) is 26.3 Å². The number of halogens is 2. The van der Waals surface area contributed by atoms with Gasteiger partial charge in [-0.2, -0.15) is 0 Å². The molecule has 0 aromatic carbocycles. The van der Waals surface area contributed by atoms with Crippen molar-refractivity contribution in [1.29, 1.82) is 0 Å². The van der Waals surface area contributed by atoms with Gasteiger partial charge in [-0.15, -0.1) is 24.8 Å². The third-order valence-corrected chi connectivity index (χ3v) is 3.22. The maximum Gasteiger partial charge on any atom is 0.0632 e. The van der Waals surface area contributed by atoms with Gasteiger partial charge in [-0.25, -0.2) is 0 Å². The molecule has 0 bridgehead atoms. The van der Waals surface area contributed by atoms with Gasteiger partial charge >= 0.3 is 0 Å². The minimum Gasteiger partial charge on any atom is -0.380 e. The minimum atomic E-state index is 0. The summed E-state index contributed by atoms with van der Waals surface area (Å²) in [5, 5.41) is 0. The molecule has 0 aromatic heterocycles. The number of rotatable bonds is 1. The summed E-state index contributed by atoms with van der Waals surface area (Å²) in [6.07, 6.45) is 5.23. The van der Waals surface area contributed by atoms with E-state index in [4.69, 9.17) is 10.5 Å². The highest BCUT2D eigenvalue weighted by molar-refractivity contribution is 5.85. The van der Waals surface area contributed by atoms with Gasteiger partial charge in [-0.3, -0.25) is 4.90 Å². The Balaban J connectivity index is 0.000000980. The van der Waals surface area contributed by atoms with Gasteiger partial charge in [0.1, 0.15) is 0 Å². The minimum absolute atomic E-state index is 0. The van der Waals surface area contributed by atoms with Gasteiger partial charge in [0.05, 0.1) is 6.61 Å². The second-order valence-electron chi connectivity index (χ2n) is 4.19. The number of hydrogen-bond donors (Lipinski definition) is 1. The van der Waals surface area contributed by atoms with E-state index in [0.717, 1.165) is 19.6 Å². The number of piperidine rings is 1. The first-order valence-corrected chi connectivity index (χ1v) is 5.45. The molecule has 2 N–H and O–H groups in total. The topological polar surface area (TPSA) is 38.5 Å². The third-order valence-electron chi connectivity index (χ3n) is 3.22. The first-order chi connectivity index (χ1) is 6.38. The van der Waals surface area contributed by atoms with E-state index in [1.165, 1.54) is 32.4 Å². The van der Waals surface area contributed by atoms with E-state index in [1.807, 2.05) is 0 Å². The monoisotopic (exact) mass is 256 g/mol. The van der Waals surface area contributed by atoms with Crippen LogP contribution in [-0.4, -0.2) is 43.3 Å². The van der Waals surface area contributed by atoms with Gasteiger partial charge in [-0.1, -0.05) is 6.42 Å². The summed E-state index contributed by atoms with van der Waals surface area (Å²) in [5.41, 5.74) is 6.04. The molecule has 2 atom stereocenters. The molecule has 0 radical (unpaired) electrons. The molecule has 0 amide bonds. The van der Waals surface area contributed by atoms with Crippen LogP contribution in [0.15, 0.2) is 0 Å². The van der Waals surface area contributed by atoms with Crippen molar-refractivity contribution in [2.24, 2.45) is 5.73 Å². The SMILES string of the molecule is Cl.Cl.NC1COCCC1N1CCCCC1. The highest BCUT2D eigenvalue weighted by atomic mass is 35.5. The van der Waals surface area contributed by atoms with Crippen LogP contribution in [0.3, 0.4) is 0 Å². The molecule has 2 heterocycles. The quantitative estimate of drug-likeness (QED) is 0.772. The summed E-state index contributed by atoms with van der Waals surface area (Å²) >= 11 is 0. The molecule has 5 heteroatoms. The van der Waals surface area contributed by atoms with Crippen molar-refractivity contribution >= 4 is 24.8 Å². The molecule has 2 saturated heterocycles. The van der Waals surface area contributed by atoms with Crippen LogP contribution in [0, 0.1) is 0 Å². The molecule has 15 heavy (non-hydrogen) atoms. The second kappa shape index (κ2) is 7.69. The van der Waals surface area contributed by atoms with Crippen molar-refractivity contribution < 1.29 is 4.74 Å². The molecule has 92 valence electrons. The van der Waals surface area contributed by atoms with Crippen LogP contribution < -0.4 is 5.73 Å². The number of nitrogens with two attached hydrogens (primary N) is 1. The molecule has 3 nitrogen and oxygen atoms in total. The van der Waals surface area contributed by atoms with Crippen LogP contribution in [0.1, 0.15) is 25.7 Å². The number of likely N-dealkylation sites (tertiary alicyclic amines) is 1. The van der Waals surface area contributed by atoms with Crippen molar-refractivity contribution in [2.45, 2.75) is 37.8 Å². The summed E-state index contributed by atoms with van der Waals surface area (Å²) in [7, 11) is 0. The molecule has 0 spiro atoms. The molecular formula is C10H22Cl2N2O. The third kappa shape index (κ3) is 4.08. The summed E-state index contributed by atoms with van der Waals surface area (Å²) in [5.74, 6) is 0. The van der Waals surface area contributed by atoms with Gasteiger partial charge in [0.25, 0.3) is 0 Å². The first kappa shape index (κ1) is 15.5. The largest absolute Gasteiger partial charge is 0.380 e. The van der Waals surface area contributed by atoms with E-state index < -0.39 is 0 Å². The molecule has 2 rings (SSSR count).